The van der Waals surface area contributed by atoms with Crippen molar-refractivity contribution in [2.45, 2.75) is 26.2 Å². The minimum absolute atomic E-state index is 0.103. The highest BCUT2D eigenvalue weighted by molar-refractivity contribution is 9.10. The molecule has 160 valence electrons. The van der Waals surface area contributed by atoms with Crippen molar-refractivity contribution in [3.63, 3.8) is 0 Å². The average Bonchev–Trinajstić information content (AvgIpc) is 2.80. The van der Waals surface area contributed by atoms with Gasteiger partial charge in [0.1, 0.15) is 16.6 Å². The number of hydrogen-bond donors (Lipinski definition) is 0. The SMILES string of the molecule is CCOc1cc(C(=S)N2CCCCC2)cc(Br)c1OC(=O)/C(C#N)=C/c1ccccc1. The molecule has 0 bridgehead atoms. The highest BCUT2D eigenvalue weighted by Gasteiger charge is 2.22. The lowest BCUT2D eigenvalue weighted by Crippen LogP contribution is -2.34. The first-order valence-electron chi connectivity index (χ1n) is 10.2. The summed E-state index contributed by atoms with van der Waals surface area (Å²) in [6.45, 7) is 4.12. The Morgan fingerprint density at radius 2 is 1.94 bits per heavy atom. The molecule has 0 amide bonds. The lowest BCUT2D eigenvalue weighted by atomic mass is 10.1. The largest absolute Gasteiger partial charge is 0.490 e. The summed E-state index contributed by atoms with van der Waals surface area (Å²) < 4.78 is 11.9. The van der Waals surface area contributed by atoms with Crippen LogP contribution in [0.5, 0.6) is 11.5 Å². The van der Waals surface area contributed by atoms with E-state index in [1.807, 2.05) is 49.4 Å². The van der Waals surface area contributed by atoms with Crippen molar-refractivity contribution >= 4 is 45.2 Å². The van der Waals surface area contributed by atoms with Gasteiger partial charge in [-0.05, 0) is 65.9 Å². The van der Waals surface area contributed by atoms with Crippen LogP contribution in [-0.2, 0) is 4.79 Å². The van der Waals surface area contributed by atoms with Crippen LogP contribution in [0.4, 0.5) is 0 Å². The molecule has 0 spiro atoms. The summed E-state index contributed by atoms with van der Waals surface area (Å²) in [5.41, 5.74) is 1.46. The van der Waals surface area contributed by atoms with E-state index in [4.69, 9.17) is 21.7 Å². The van der Waals surface area contributed by atoms with Crippen LogP contribution in [0.15, 0.2) is 52.5 Å². The van der Waals surface area contributed by atoms with Gasteiger partial charge in [-0.25, -0.2) is 4.79 Å². The van der Waals surface area contributed by atoms with E-state index in [1.165, 1.54) is 12.5 Å². The van der Waals surface area contributed by atoms with Crippen molar-refractivity contribution in [2.24, 2.45) is 0 Å². The van der Waals surface area contributed by atoms with Gasteiger partial charge in [0.15, 0.2) is 11.5 Å². The Bertz CT molecular complexity index is 1030. The molecule has 3 rings (SSSR count). The number of carbonyl (C=O) groups excluding carboxylic acids is 1. The predicted octanol–water partition coefficient (Wildman–Crippen LogP) is 5.52. The zero-order valence-corrected chi connectivity index (χ0v) is 19.7. The topological polar surface area (TPSA) is 62.6 Å². The van der Waals surface area contributed by atoms with Gasteiger partial charge in [0.2, 0.25) is 0 Å². The number of rotatable bonds is 6. The molecule has 1 saturated heterocycles. The Morgan fingerprint density at radius 1 is 1.23 bits per heavy atom. The molecular weight excluding hydrogens is 476 g/mol. The first-order valence-corrected chi connectivity index (χ1v) is 11.4. The Labute approximate surface area is 196 Å². The minimum atomic E-state index is -0.751. The Hall–Kier alpha value is -2.69. The average molecular weight is 499 g/mol. The molecule has 0 aliphatic carbocycles. The highest BCUT2D eigenvalue weighted by Crippen LogP contribution is 2.38. The molecule has 5 nitrogen and oxygen atoms in total. The maximum atomic E-state index is 12.7. The standard InChI is InChI=1S/C24H23BrN2O3S/c1-2-29-21-15-18(23(31)27-11-7-4-8-12-27)14-20(25)22(21)30-24(28)19(16-26)13-17-9-5-3-6-10-17/h3,5-6,9-10,13-15H,2,4,7-8,11-12H2,1H3/b19-13+. The van der Waals surface area contributed by atoms with Crippen LogP contribution in [0.1, 0.15) is 37.3 Å². The van der Waals surface area contributed by atoms with Crippen molar-refractivity contribution in [1.82, 2.24) is 4.90 Å². The number of nitrogens with zero attached hydrogens (tertiary/aromatic N) is 2. The molecule has 0 N–H and O–H groups in total. The normalized spacial score (nSPS) is 14.0. The van der Waals surface area contributed by atoms with Crippen molar-refractivity contribution in [3.8, 4) is 17.6 Å². The van der Waals surface area contributed by atoms with E-state index in [1.54, 1.807) is 6.07 Å². The number of halogens is 1. The van der Waals surface area contributed by atoms with Gasteiger partial charge in [0.05, 0.1) is 11.1 Å². The molecule has 1 aliphatic heterocycles. The van der Waals surface area contributed by atoms with E-state index < -0.39 is 5.97 Å². The fourth-order valence-corrected chi connectivity index (χ4v) is 4.16. The molecule has 2 aromatic carbocycles. The van der Waals surface area contributed by atoms with Crippen molar-refractivity contribution < 1.29 is 14.3 Å². The number of ether oxygens (including phenoxy) is 2. The maximum Gasteiger partial charge on any atom is 0.354 e. The molecule has 1 heterocycles. The fourth-order valence-electron chi connectivity index (χ4n) is 3.33. The number of hydrogen-bond acceptors (Lipinski definition) is 5. The van der Waals surface area contributed by atoms with E-state index in [0.717, 1.165) is 42.0 Å². The zero-order chi connectivity index (χ0) is 22.2. The Balaban J connectivity index is 1.88. The number of carbonyl (C=O) groups is 1. The quantitative estimate of drug-likeness (QED) is 0.172. The van der Waals surface area contributed by atoms with Crippen molar-refractivity contribution in [1.29, 1.82) is 5.26 Å². The van der Waals surface area contributed by atoms with Crippen LogP contribution in [0, 0.1) is 11.3 Å². The minimum Gasteiger partial charge on any atom is -0.490 e. The first kappa shape index (κ1) is 23.0. The van der Waals surface area contributed by atoms with Gasteiger partial charge in [0.25, 0.3) is 0 Å². The summed E-state index contributed by atoms with van der Waals surface area (Å²) in [7, 11) is 0. The molecular formula is C24H23BrN2O3S. The van der Waals surface area contributed by atoms with Crippen LogP contribution in [-0.4, -0.2) is 35.6 Å². The molecule has 0 aromatic heterocycles. The van der Waals surface area contributed by atoms with Gasteiger partial charge in [-0.2, -0.15) is 5.26 Å². The third kappa shape index (κ3) is 5.93. The molecule has 0 atom stereocenters. The van der Waals surface area contributed by atoms with Crippen LogP contribution in [0.2, 0.25) is 0 Å². The third-order valence-electron chi connectivity index (χ3n) is 4.85. The number of nitriles is 1. The van der Waals surface area contributed by atoms with Crippen molar-refractivity contribution in [2.75, 3.05) is 19.7 Å². The van der Waals surface area contributed by atoms with Gasteiger partial charge in [-0.15, -0.1) is 0 Å². The van der Waals surface area contributed by atoms with E-state index in [2.05, 4.69) is 20.8 Å². The molecule has 0 saturated carbocycles. The summed E-state index contributed by atoms with van der Waals surface area (Å²) >= 11 is 9.19. The molecule has 0 radical (unpaired) electrons. The summed E-state index contributed by atoms with van der Waals surface area (Å²) in [5.74, 6) is -0.123. The number of piperidine rings is 1. The second-order valence-electron chi connectivity index (χ2n) is 7.04. The first-order chi connectivity index (χ1) is 15.0. The molecule has 1 aliphatic rings. The summed E-state index contributed by atoms with van der Waals surface area (Å²) in [4.78, 5) is 15.6. The lowest BCUT2D eigenvalue weighted by molar-refractivity contribution is -0.129. The van der Waals surface area contributed by atoms with Crippen LogP contribution in [0.25, 0.3) is 6.08 Å². The van der Waals surface area contributed by atoms with E-state index in [-0.39, 0.29) is 11.3 Å². The number of esters is 1. The second kappa shape index (κ2) is 11.1. The fraction of sp³-hybridized carbons (Fsp3) is 0.292. The Kier molecular flexibility index (Phi) is 8.21. The van der Waals surface area contributed by atoms with Gasteiger partial charge in [-0.3, -0.25) is 0 Å². The van der Waals surface area contributed by atoms with Crippen LogP contribution >= 0.6 is 28.1 Å². The summed E-state index contributed by atoms with van der Waals surface area (Å²) in [6.07, 6.45) is 4.97. The third-order valence-corrected chi connectivity index (χ3v) is 5.93. The van der Waals surface area contributed by atoms with Gasteiger partial charge < -0.3 is 14.4 Å². The van der Waals surface area contributed by atoms with Crippen LogP contribution < -0.4 is 9.47 Å². The number of thiocarbonyl (C=S) groups is 1. The summed E-state index contributed by atoms with van der Waals surface area (Å²) in [5, 5.41) is 9.45. The Morgan fingerprint density at radius 3 is 2.58 bits per heavy atom. The lowest BCUT2D eigenvalue weighted by Gasteiger charge is -2.29. The van der Waals surface area contributed by atoms with Gasteiger partial charge in [-0.1, -0.05) is 42.5 Å². The number of likely N-dealkylation sites (tertiary alicyclic amines) is 1. The van der Waals surface area contributed by atoms with E-state index in [9.17, 15) is 10.1 Å². The smallest absolute Gasteiger partial charge is 0.354 e. The molecule has 0 unspecified atom stereocenters. The van der Waals surface area contributed by atoms with Crippen molar-refractivity contribution in [3.05, 3.63) is 63.6 Å². The zero-order valence-electron chi connectivity index (χ0n) is 17.3. The van der Waals surface area contributed by atoms with E-state index in [0.29, 0.717) is 16.8 Å². The molecule has 31 heavy (non-hydrogen) atoms. The molecule has 7 heteroatoms. The molecule has 2 aromatic rings. The number of benzene rings is 2. The maximum absolute atomic E-state index is 12.7. The predicted molar refractivity (Wildman–Crippen MR) is 128 cm³/mol. The highest BCUT2D eigenvalue weighted by atomic mass is 79.9. The monoisotopic (exact) mass is 498 g/mol. The van der Waals surface area contributed by atoms with E-state index >= 15 is 0 Å². The van der Waals surface area contributed by atoms with Gasteiger partial charge >= 0.3 is 5.97 Å². The van der Waals surface area contributed by atoms with Crippen LogP contribution in [0.3, 0.4) is 0 Å². The second-order valence-corrected chi connectivity index (χ2v) is 8.28. The summed E-state index contributed by atoms with van der Waals surface area (Å²) in [6, 6.07) is 14.7. The van der Waals surface area contributed by atoms with Gasteiger partial charge in [0, 0.05) is 18.7 Å². The molecule has 1 fully saturated rings.